The van der Waals surface area contributed by atoms with Crippen molar-refractivity contribution in [3.63, 3.8) is 0 Å². The molecule has 0 fully saturated rings. The Labute approximate surface area is 114 Å². The summed E-state index contributed by atoms with van der Waals surface area (Å²) in [7, 11) is 0. The Hall–Kier alpha value is -2.36. The molecule has 3 N–H and O–H groups in total. The summed E-state index contributed by atoms with van der Waals surface area (Å²) >= 11 is 1.30. The molecule has 0 unspecified atom stereocenters. The summed E-state index contributed by atoms with van der Waals surface area (Å²) in [5.74, 6) is 5.26. The number of thiophene rings is 1. The average molecular weight is 273 g/mol. The van der Waals surface area contributed by atoms with E-state index in [0.717, 1.165) is 4.88 Å². The van der Waals surface area contributed by atoms with Gasteiger partial charge in [-0.15, -0.1) is 11.3 Å². The van der Waals surface area contributed by atoms with Gasteiger partial charge in [0.2, 0.25) is 0 Å². The van der Waals surface area contributed by atoms with Gasteiger partial charge in [0, 0.05) is 4.88 Å². The lowest BCUT2D eigenvalue weighted by atomic mass is 10.2. The number of nitrogen functional groups attached to an aromatic ring is 1. The number of para-hydroxylation sites is 1. The maximum absolute atomic E-state index is 11.3. The molecule has 6 heteroatoms. The van der Waals surface area contributed by atoms with Crippen LogP contribution in [0.4, 0.5) is 0 Å². The molecule has 1 aromatic heterocycles. The second-order valence-corrected chi connectivity index (χ2v) is 4.80. The number of amides is 1. The average Bonchev–Trinajstić information content (AvgIpc) is 2.93. The van der Waals surface area contributed by atoms with E-state index in [1.165, 1.54) is 11.3 Å². The fraction of sp³-hybridized carbons (Fsp3) is 0.0769. The van der Waals surface area contributed by atoms with Crippen molar-refractivity contribution < 1.29 is 9.53 Å². The van der Waals surface area contributed by atoms with E-state index >= 15 is 0 Å². The van der Waals surface area contributed by atoms with Crippen molar-refractivity contribution in [2.75, 3.05) is 0 Å². The summed E-state index contributed by atoms with van der Waals surface area (Å²) < 4.78 is 5.57. The smallest absolute Gasteiger partial charge is 0.275 e. The van der Waals surface area contributed by atoms with Crippen LogP contribution >= 0.6 is 11.3 Å². The van der Waals surface area contributed by atoms with Gasteiger partial charge in [0.15, 0.2) is 0 Å². The minimum absolute atomic E-state index is 0.307. The third kappa shape index (κ3) is 3.10. The minimum atomic E-state index is -0.325. The van der Waals surface area contributed by atoms with Crippen molar-refractivity contribution in [3.05, 3.63) is 51.7 Å². The van der Waals surface area contributed by atoms with Crippen molar-refractivity contribution in [1.29, 1.82) is 5.26 Å². The zero-order valence-corrected chi connectivity index (χ0v) is 10.7. The second-order valence-electron chi connectivity index (χ2n) is 3.64. The van der Waals surface area contributed by atoms with Gasteiger partial charge in [0.05, 0.1) is 10.4 Å². The van der Waals surface area contributed by atoms with Crippen LogP contribution in [0.2, 0.25) is 0 Å². The van der Waals surface area contributed by atoms with Gasteiger partial charge in [0.1, 0.15) is 18.4 Å². The lowest BCUT2D eigenvalue weighted by Crippen LogP contribution is -2.29. The summed E-state index contributed by atoms with van der Waals surface area (Å²) in [4.78, 5) is 12.7. The molecule has 1 amide bonds. The van der Waals surface area contributed by atoms with Crippen LogP contribution in [0.3, 0.4) is 0 Å². The van der Waals surface area contributed by atoms with E-state index in [9.17, 15) is 4.79 Å². The van der Waals surface area contributed by atoms with Crippen LogP contribution in [-0.2, 0) is 6.61 Å². The molecule has 1 heterocycles. The SMILES string of the molecule is N#Cc1ccccc1OCc1ccc(C(=O)NN)s1. The molecule has 2 rings (SSSR count). The number of carbonyl (C=O) groups excluding carboxylic acids is 1. The molecule has 96 valence electrons. The van der Waals surface area contributed by atoms with Crippen LogP contribution in [0.15, 0.2) is 36.4 Å². The van der Waals surface area contributed by atoms with Crippen molar-refractivity contribution >= 4 is 17.2 Å². The molecule has 2 aromatic rings. The van der Waals surface area contributed by atoms with Crippen LogP contribution < -0.4 is 16.0 Å². The first-order valence-electron chi connectivity index (χ1n) is 5.46. The fourth-order valence-electron chi connectivity index (χ4n) is 1.48. The number of benzene rings is 1. The van der Waals surface area contributed by atoms with Crippen molar-refractivity contribution in [2.24, 2.45) is 5.84 Å². The lowest BCUT2D eigenvalue weighted by molar-refractivity contribution is 0.0957. The van der Waals surface area contributed by atoms with Gasteiger partial charge < -0.3 is 4.74 Å². The van der Waals surface area contributed by atoms with Crippen molar-refractivity contribution in [3.8, 4) is 11.8 Å². The monoisotopic (exact) mass is 273 g/mol. The molecule has 0 radical (unpaired) electrons. The topological polar surface area (TPSA) is 88.1 Å². The van der Waals surface area contributed by atoms with Crippen LogP contribution in [0.5, 0.6) is 5.75 Å². The molecular weight excluding hydrogens is 262 g/mol. The Balaban J connectivity index is 2.05. The zero-order chi connectivity index (χ0) is 13.7. The number of hydrogen-bond acceptors (Lipinski definition) is 5. The third-order valence-electron chi connectivity index (χ3n) is 2.39. The quantitative estimate of drug-likeness (QED) is 0.505. The molecule has 0 aliphatic heterocycles. The van der Waals surface area contributed by atoms with Crippen LogP contribution in [0.1, 0.15) is 20.1 Å². The molecule has 0 aliphatic rings. The molecule has 0 bridgehead atoms. The summed E-state index contributed by atoms with van der Waals surface area (Å²) in [5, 5.41) is 8.93. The number of rotatable bonds is 4. The van der Waals surface area contributed by atoms with E-state index in [2.05, 4.69) is 11.5 Å². The summed E-state index contributed by atoms with van der Waals surface area (Å²) in [6, 6.07) is 12.5. The largest absolute Gasteiger partial charge is 0.487 e. The van der Waals surface area contributed by atoms with Gasteiger partial charge in [-0.25, -0.2) is 5.84 Å². The molecule has 0 atom stereocenters. The van der Waals surface area contributed by atoms with E-state index < -0.39 is 0 Å². The number of nitrogens with two attached hydrogens (primary N) is 1. The molecule has 5 nitrogen and oxygen atoms in total. The van der Waals surface area contributed by atoms with Gasteiger partial charge in [-0.2, -0.15) is 5.26 Å². The predicted molar refractivity (Wildman–Crippen MR) is 71.5 cm³/mol. The molecule has 0 aliphatic carbocycles. The number of hydrazine groups is 1. The van der Waals surface area contributed by atoms with Gasteiger partial charge >= 0.3 is 0 Å². The molecule has 0 saturated heterocycles. The maximum Gasteiger partial charge on any atom is 0.275 e. The summed E-state index contributed by atoms with van der Waals surface area (Å²) in [5.41, 5.74) is 2.56. The van der Waals surface area contributed by atoms with Crippen molar-refractivity contribution in [1.82, 2.24) is 5.43 Å². The summed E-state index contributed by atoms with van der Waals surface area (Å²) in [6.45, 7) is 0.307. The molecule has 19 heavy (non-hydrogen) atoms. The highest BCUT2D eigenvalue weighted by molar-refractivity contribution is 7.14. The first kappa shape index (κ1) is 13.1. The number of carbonyl (C=O) groups is 1. The number of nitrogens with one attached hydrogen (secondary N) is 1. The van der Waals surface area contributed by atoms with E-state index in [0.29, 0.717) is 22.8 Å². The minimum Gasteiger partial charge on any atom is -0.487 e. The third-order valence-corrected chi connectivity index (χ3v) is 3.45. The number of nitriles is 1. The standard InChI is InChI=1S/C13H11N3O2S/c14-7-9-3-1-2-4-11(9)18-8-10-5-6-12(19-10)13(17)16-15/h1-6H,8,15H2,(H,16,17). The van der Waals surface area contributed by atoms with Gasteiger partial charge in [-0.1, -0.05) is 12.1 Å². The molecule has 0 spiro atoms. The highest BCUT2D eigenvalue weighted by Gasteiger charge is 2.08. The predicted octanol–water partition coefficient (Wildman–Crippen LogP) is 1.80. The molecule has 0 saturated carbocycles. The maximum atomic E-state index is 11.3. The highest BCUT2D eigenvalue weighted by Crippen LogP contribution is 2.21. The second kappa shape index (κ2) is 6.00. The first-order chi connectivity index (χ1) is 9.24. The van der Waals surface area contributed by atoms with Crippen LogP contribution in [0.25, 0.3) is 0 Å². The molecule has 1 aromatic carbocycles. The van der Waals surface area contributed by atoms with Gasteiger partial charge in [-0.3, -0.25) is 10.2 Å². The van der Waals surface area contributed by atoms with E-state index in [4.69, 9.17) is 15.8 Å². The number of nitrogens with zero attached hydrogens (tertiary/aromatic N) is 1. The Morgan fingerprint density at radius 3 is 2.89 bits per heavy atom. The Morgan fingerprint density at radius 1 is 1.37 bits per heavy atom. The normalized spacial score (nSPS) is 9.68. The molecular formula is C13H11N3O2S. The van der Waals surface area contributed by atoms with Gasteiger partial charge in [0.25, 0.3) is 5.91 Å². The first-order valence-corrected chi connectivity index (χ1v) is 6.28. The Bertz CT molecular complexity index is 631. The number of hydrogen-bond donors (Lipinski definition) is 2. The van der Waals surface area contributed by atoms with Crippen LogP contribution in [0, 0.1) is 11.3 Å². The summed E-state index contributed by atoms with van der Waals surface area (Å²) in [6.07, 6.45) is 0. The Kier molecular flexibility index (Phi) is 4.13. The van der Waals surface area contributed by atoms with Crippen LogP contribution in [-0.4, -0.2) is 5.91 Å². The van der Waals surface area contributed by atoms with E-state index in [1.807, 2.05) is 0 Å². The van der Waals surface area contributed by atoms with Crippen molar-refractivity contribution in [2.45, 2.75) is 6.61 Å². The lowest BCUT2D eigenvalue weighted by Gasteiger charge is -2.05. The fourth-order valence-corrected chi connectivity index (χ4v) is 2.31. The zero-order valence-electron chi connectivity index (χ0n) is 9.92. The Morgan fingerprint density at radius 2 is 2.16 bits per heavy atom. The highest BCUT2D eigenvalue weighted by atomic mass is 32.1. The van der Waals surface area contributed by atoms with E-state index in [1.54, 1.807) is 36.4 Å². The number of ether oxygens (including phenoxy) is 1. The van der Waals surface area contributed by atoms with E-state index in [-0.39, 0.29) is 5.91 Å². The van der Waals surface area contributed by atoms with Gasteiger partial charge in [-0.05, 0) is 24.3 Å².